The summed E-state index contributed by atoms with van der Waals surface area (Å²) in [6.07, 6.45) is 4.20. The van der Waals surface area contributed by atoms with E-state index >= 15 is 0 Å². The van der Waals surface area contributed by atoms with Gasteiger partial charge in [0.1, 0.15) is 0 Å². The molecule has 0 bridgehead atoms. The van der Waals surface area contributed by atoms with E-state index in [1.54, 1.807) is 12.1 Å². The van der Waals surface area contributed by atoms with E-state index in [1.165, 1.54) is 25.3 Å². The fourth-order valence-corrected chi connectivity index (χ4v) is 1.57. The number of rotatable bonds is 7. The highest BCUT2D eigenvalue weighted by atomic mass is 16.5. The van der Waals surface area contributed by atoms with Crippen LogP contribution in [0, 0.1) is 0 Å². The molecule has 0 atom stereocenters. The zero-order valence-electron chi connectivity index (χ0n) is 11.5. The maximum absolute atomic E-state index is 11.6. The number of benzene rings is 1. The number of hydrogen-bond acceptors (Lipinski definition) is 5. The Kier molecular flexibility index (Phi) is 6.55. The highest BCUT2D eigenvalue weighted by Gasteiger charge is 2.06. The van der Waals surface area contributed by atoms with Gasteiger partial charge in [-0.3, -0.25) is 10.0 Å². The van der Waals surface area contributed by atoms with Gasteiger partial charge < -0.3 is 15.6 Å². The quantitative estimate of drug-likeness (QED) is 0.303. The van der Waals surface area contributed by atoms with E-state index < -0.39 is 5.91 Å². The molecular formula is C14H20N2O4. The van der Waals surface area contributed by atoms with Crippen LogP contribution in [0.2, 0.25) is 0 Å². The fraction of sp³-hybridized carbons (Fsp3) is 0.357. The van der Waals surface area contributed by atoms with E-state index in [2.05, 4.69) is 0 Å². The second-order valence-corrected chi connectivity index (χ2v) is 4.22. The molecule has 0 heterocycles. The monoisotopic (exact) mass is 280 g/mol. The first-order valence-electron chi connectivity index (χ1n) is 6.34. The third-order valence-electron chi connectivity index (χ3n) is 2.70. The van der Waals surface area contributed by atoms with E-state index in [0.29, 0.717) is 29.3 Å². The number of ether oxygens (including phenoxy) is 1. The number of hydrogen-bond donors (Lipinski definition) is 3. The van der Waals surface area contributed by atoms with E-state index in [4.69, 9.17) is 10.5 Å². The van der Waals surface area contributed by atoms with Gasteiger partial charge in [0.25, 0.3) is 5.91 Å². The first-order chi connectivity index (χ1) is 9.58. The Labute approximate surface area is 118 Å². The smallest absolute Gasteiger partial charge is 0.269 e. The minimum atomic E-state index is -0.505. The van der Waals surface area contributed by atoms with Crippen molar-refractivity contribution < 1.29 is 19.8 Å². The number of hydroxylamine groups is 2. The molecule has 1 amide bonds. The molecule has 0 saturated heterocycles. The molecule has 6 heteroatoms. The van der Waals surface area contributed by atoms with Gasteiger partial charge in [-0.15, -0.1) is 0 Å². The molecule has 0 radical (unpaired) electrons. The van der Waals surface area contributed by atoms with Crippen LogP contribution in [0.5, 0.6) is 11.5 Å². The summed E-state index contributed by atoms with van der Waals surface area (Å²) in [6.45, 7) is 0.782. The lowest BCUT2D eigenvalue weighted by Crippen LogP contribution is -2.26. The van der Waals surface area contributed by atoms with Gasteiger partial charge >= 0.3 is 0 Å². The van der Waals surface area contributed by atoms with Crippen molar-refractivity contribution in [3.63, 3.8) is 0 Å². The van der Waals surface area contributed by atoms with Crippen molar-refractivity contribution in [3.8, 4) is 11.5 Å². The van der Waals surface area contributed by atoms with Crippen LogP contribution in [0.15, 0.2) is 24.3 Å². The number of amides is 1. The average molecular weight is 280 g/mol. The summed E-state index contributed by atoms with van der Waals surface area (Å²) in [5.74, 6) is -0.154. The molecule has 0 fully saturated rings. The van der Waals surface area contributed by atoms with Gasteiger partial charge in [-0.25, -0.2) is 5.06 Å². The van der Waals surface area contributed by atoms with Gasteiger partial charge in [-0.05, 0) is 43.2 Å². The largest absolute Gasteiger partial charge is 0.504 e. The standard InChI is InChI=1S/C14H20N2O4/c1-20-13-10-11(4-6-12(13)17)5-7-14(18)16(19)9-3-2-8-15/h4-7,10,17,19H,2-3,8-9,15H2,1H3/b7-5+. The number of methoxy groups -OCH3 is 1. The van der Waals surface area contributed by atoms with Crippen molar-refractivity contribution in [2.45, 2.75) is 12.8 Å². The molecule has 1 aromatic carbocycles. The van der Waals surface area contributed by atoms with Crippen LogP contribution < -0.4 is 10.5 Å². The second-order valence-electron chi connectivity index (χ2n) is 4.22. The van der Waals surface area contributed by atoms with Crippen molar-refractivity contribution in [1.29, 1.82) is 0 Å². The first kappa shape index (κ1) is 16.0. The van der Waals surface area contributed by atoms with Gasteiger partial charge in [0.05, 0.1) is 7.11 Å². The molecular weight excluding hydrogens is 260 g/mol. The molecule has 6 nitrogen and oxygen atoms in total. The Balaban J connectivity index is 2.60. The summed E-state index contributed by atoms with van der Waals surface area (Å²) in [5.41, 5.74) is 6.02. The van der Waals surface area contributed by atoms with E-state index in [-0.39, 0.29) is 12.3 Å². The van der Waals surface area contributed by atoms with Crippen LogP contribution in [0.1, 0.15) is 18.4 Å². The molecule has 0 aliphatic carbocycles. The Bertz CT molecular complexity index is 474. The fourth-order valence-electron chi connectivity index (χ4n) is 1.57. The number of carbonyl (C=O) groups is 1. The van der Waals surface area contributed by atoms with Crippen LogP contribution in [0.25, 0.3) is 6.08 Å². The summed E-state index contributed by atoms with van der Waals surface area (Å²) in [4.78, 5) is 11.6. The zero-order valence-corrected chi connectivity index (χ0v) is 11.5. The third-order valence-corrected chi connectivity index (χ3v) is 2.70. The highest BCUT2D eigenvalue weighted by molar-refractivity contribution is 5.91. The lowest BCUT2D eigenvalue weighted by Gasteiger charge is -2.12. The normalized spacial score (nSPS) is 10.8. The molecule has 1 rings (SSSR count). The van der Waals surface area contributed by atoms with Crippen molar-refractivity contribution in [3.05, 3.63) is 29.8 Å². The SMILES string of the molecule is COc1cc(/C=C/C(=O)N(O)CCCCN)ccc1O. The molecule has 20 heavy (non-hydrogen) atoms. The molecule has 4 N–H and O–H groups in total. The summed E-state index contributed by atoms with van der Waals surface area (Å²) < 4.78 is 4.96. The van der Waals surface area contributed by atoms with Crippen LogP contribution in [-0.2, 0) is 4.79 Å². The lowest BCUT2D eigenvalue weighted by atomic mass is 10.2. The van der Waals surface area contributed by atoms with E-state index in [1.807, 2.05) is 0 Å². The highest BCUT2D eigenvalue weighted by Crippen LogP contribution is 2.26. The topological polar surface area (TPSA) is 96.0 Å². The lowest BCUT2D eigenvalue weighted by molar-refractivity contribution is -0.159. The minimum Gasteiger partial charge on any atom is -0.504 e. The number of carbonyl (C=O) groups excluding carboxylic acids is 1. The summed E-state index contributed by atoms with van der Waals surface area (Å²) in [5, 5.41) is 19.6. The van der Waals surface area contributed by atoms with Gasteiger partial charge in [0.15, 0.2) is 11.5 Å². The number of aromatic hydroxyl groups is 1. The Hall–Kier alpha value is -2.05. The van der Waals surface area contributed by atoms with Crippen LogP contribution in [0.4, 0.5) is 0 Å². The van der Waals surface area contributed by atoms with Crippen molar-refractivity contribution in [1.82, 2.24) is 5.06 Å². The van der Waals surface area contributed by atoms with Gasteiger partial charge in [0, 0.05) is 12.6 Å². The number of phenols is 1. The van der Waals surface area contributed by atoms with Gasteiger partial charge in [-0.2, -0.15) is 0 Å². The maximum atomic E-state index is 11.6. The average Bonchev–Trinajstić information content (AvgIpc) is 2.46. The molecule has 1 aromatic rings. The Morgan fingerprint density at radius 2 is 2.20 bits per heavy atom. The molecule has 0 aromatic heterocycles. The van der Waals surface area contributed by atoms with Gasteiger partial charge in [0.2, 0.25) is 0 Å². The summed E-state index contributed by atoms with van der Waals surface area (Å²) in [6, 6.07) is 4.70. The number of unbranched alkanes of at least 4 members (excludes halogenated alkanes) is 1. The van der Waals surface area contributed by atoms with Crippen LogP contribution in [-0.4, -0.2) is 41.5 Å². The molecule has 0 spiro atoms. The van der Waals surface area contributed by atoms with Crippen molar-refractivity contribution in [2.75, 3.05) is 20.2 Å². The van der Waals surface area contributed by atoms with Crippen molar-refractivity contribution >= 4 is 12.0 Å². The Morgan fingerprint density at radius 3 is 2.85 bits per heavy atom. The Morgan fingerprint density at radius 1 is 1.45 bits per heavy atom. The number of phenolic OH excluding ortho intramolecular Hbond substituents is 1. The molecule has 0 unspecified atom stereocenters. The maximum Gasteiger partial charge on any atom is 0.269 e. The number of nitrogens with zero attached hydrogens (tertiary/aromatic N) is 1. The second kappa shape index (κ2) is 8.19. The molecule has 110 valence electrons. The number of nitrogens with two attached hydrogens (primary N) is 1. The van der Waals surface area contributed by atoms with Crippen LogP contribution in [0.3, 0.4) is 0 Å². The van der Waals surface area contributed by atoms with Crippen LogP contribution >= 0.6 is 0 Å². The summed E-state index contributed by atoms with van der Waals surface area (Å²) in [7, 11) is 1.45. The first-order valence-corrected chi connectivity index (χ1v) is 6.34. The van der Waals surface area contributed by atoms with E-state index in [0.717, 1.165) is 6.42 Å². The minimum absolute atomic E-state index is 0.0292. The predicted octanol–water partition coefficient (Wildman–Crippen LogP) is 1.37. The summed E-state index contributed by atoms with van der Waals surface area (Å²) >= 11 is 0. The zero-order chi connectivity index (χ0) is 15.0. The third kappa shape index (κ3) is 4.91. The predicted molar refractivity (Wildman–Crippen MR) is 75.5 cm³/mol. The van der Waals surface area contributed by atoms with E-state index in [9.17, 15) is 15.1 Å². The van der Waals surface area contributed by atoms with Gasteiger partial charge in [-0.1, -0.05) is 6.07 Å². The molecule has 0 saturated carbocycles. The molecule has 0 aliphatic rings. The van der Waals surface area contributed by atoms with Crippen molar-refractivity contribution in [2.24, 2.45) is 5.73 Å². The molecule has 0 aliphatic heterocycles.